The van der Waals surface area contributed by atoms with E-state index in [2.05, 4.69) is 20.9 Å². The lowest BCUT2D eigenvalue weighted by molar-refractivity contribution is -0.0558. The average Bonchev–Trinajstić information content (AvgIpc) is 2.10. The van der Waals surface area contributed by atoms with Gasteiger partial charge in [-0.25, -0.2) is 4.99 Å². The lowest BCUT2D eigenvalue weighted by atomic mass is 10.2. The Labute approximate surface area is 98.1 Å². The summed E-state index contributed by atoms with van der Waals surface area (Å²) in [6, 6.07) is 4.60. The maximum Gasteiger partial charge on any atom is 0.444 e. The number of rotatable bonds is 1. The van der Waals surface area contributed by atoms with Crippen LogP contribution in [0.5, 0.6) is 0 Å². The van der Waals surface area contributed by atoms with E-state index >= 15 is 0 Å². The summed E-state index contributed by atoms with van der Waals surface area (Å²) < 4.78 is 36.8. The number of hydrogen-bond acceptors (Lipinski definition) is 1. The van der Waals surface area contributed by atoms with Gasteiger partial charge in [-0.1, -0.05) is 33.6 Å². The molecule has 0 unspecified atom stereocenters. The third kappa shape index (κ3) is 3.50. The minimum absolute atomic E-state index is 0.162. The molecule has 0 spiro atoms. The lowest BCUT2D eigenvalue weighted by Gasteiger charge is -2.04. The highest BCUT2D eigenvalue weighted by Crippen LogP contribution is 2.26. The molecule has 1 aromatic carbocycles. The molecule has 0 fully saturated rings. The first-order valence-corrected chi connectivity index (χ1v) is 5.05. The Morgan fingerprint density at radius 3 is 2.47 bits per heavy atom. The lowest BCUT2D eigenvalue weighted by Crippen LogP contribution is -2.16. The number of aliphatic imine (C=N–C) groups is 1. The monoisotopic (exact) mass is 299 g/mol. The van der Waals surface area contributed by atoms with Gasteiger partial charge in [0.05, 0.1) is 5.69 Å². The summed E-state index contributed by atoms with van der Waals surface area (Å²) >= 11 is 8.19. The van der Waals surface area contributed by atoms with Crippen molar-refractivity contribution in [3.63, 3.8) is 0 Å². The van der Waals surface area contributed by atoms with Crippen LogP contribution in [0.2, 0.25) is 0 Å². The third-order valence-corrected chi connectivity index (χ3v) is 2.77. The SMILES string of the molecule is Cc1ccc(N=C(Cl)C(F)(F)F)cc1Br. The highest BCUT2D eigenvalue weighted by atomic mass is 79.9. The molecule has 1 nitrogen and oxygen atoms in total. The van der Waals surface area contributed by atoms with Gasteiger partial charge in [-0.05, 0) is 24.6 Å². The molecule has 82 valence electrons. The molecular formula is C9H6BrClF3N. The van der Waals surface area contributed by atoms with Crippen molar-refractivity contribution in [2.24, 2.45) is 4.99 Å². The zero-order valence-electron chi connectivity index (χ0n) is 7.57. The molecule has 0 atom stereocenters. The van der Waals surface area contributed by atoms with Gasteiger partial charge in [-0.15, -0.1) is 0 Å². The zero-order valence-corrected chi connectivity index (χ0v) is 9.91. The minimum atomic E-state index is -4.60. The molecule has 0 amide bonds. The van der Waals surface area contributed by atoms with Gasteiger partial charge in [0.25, 0.3) is 0 Å². The van der Waals surface area contributed by atoms with Crippen LogP contribution in [0.15, 0.2) is 27.7 Å². The largest absolute Gasteiger partial charge is 0.444 e. The summed E-state index contributed by atoms with van der Waals surface area (Å²) in [6.07, 6.45) is -4.60. The highest BCUT2D eigenvalue weighted by molar-refractivity contribution is 9.10. The summed E-state index contributed by atoms with van der Waals surface area (Å²) in [5, 5.41) is -1.38. The number of benzene rings is 1. The fourth-order valence-corrected chi connectivity index (χ4v) is 1.29. The molecule has 0 aliphatic carbocycles. The van der Waals surface area contributed by atoms with Gasteiger partial charge in [0.2, 0.25) is 5.17 Å². The fraction of sp³-hybridized carbons (Fsp3) is 0.222. The molecule has 0 aliphatic heterocycles. The van der Waals surface area contributed by atoms with Gasteiger partial charge in [0.1, 0.15) is 0 Å². The Morgan fingerprint density at radius 1 is 1.40 bits per heavy atom. The molecule has 1 aromatic rings. The Hall–Kier alpha value is -0.550. The van der Waals surface area contributed by atoms with E-state index in [1.807, 2.05) is 6.92 Å². The number of nitrogens with zero attached hydrogens (tertiary/aromatic N) is 1. The summed E-state index contributed by atoms with van der Waals surface area (Å²) in [6.45, 7) is 1.82. The molecular weight excluding hydrogens is 294 g/mol. The summed E-state index contributed by atoms with van der Waals surface area (Å²) in [5.74, 6) is 0. The summed E-state index contributed by atoms with van der Waals surface area (Å²) in [5.41, 5.74) is 1.08. The van der Waals surface area contributed by atoms with Crippen LogP contribution in [0.3, 0.4) is 0 Å². The number of alkyl halides is 3. The number of aryl methyl sites for hydroxylation is 1. The van der Waals surface area contributed by atoms with E-state index in [1.54, 1.807) is 6.07 Å². The smallest absolute Gasteiger partial charge is 0.232 e. The van der Waals surface area contributed by atoms with Crippen molar-refractivity contribution in [1.82, 2.24) is 0 Å². The van der Waals surface area contributed by atoms with Crippen molar-refractivity contribution in [3.05, 3.63) is 28.2 Å². The molecule has 1 rings (SSSR count). The van der Waals surface area contributed by atoms with Gasteiger partial charge in [0, 0.05) is 4.47 Å². The molecule has 0 saturated heterocycles. The predicted molar refractivity (Wildman–Crippen MR) is 57.9 cm³/mol. The molecule has 0 aromatic heterocycles. The van der Waals surface area contributed by atoms with Crippen LogP contribution in [0, 0.1) is 6.92 Å². The zero-order chi connectivity index (χ0) is 11.6. The van der Waals surface area contributed by atoms with Crippen LogP contribution in [-0.4, -0.2) is 11.3 Å². The third-order valence-electron chi connectivity index (χ3n) is 1.62. The van der Waals surface area contributed by atoms with Gasteiger partial charge in [-0.2, -0.15) is 13.2 Å². The van der Waals surface area contributed by atoms with E-state index in [9.17, 15) is 13.2 Å². The molecule has 0 N–H and O–H groups in total. The Bertz CT molecular complexity index is 401. The molecule has 0 heterocycles. The van der Waals surface area contributed by atoms with E-state index < -0.39 is 11.3 Å². The van der Waals surface area contributed by atoms with Gasteiger partial charge in [-0.3, -0.25) is 0 Å². The van der Waals surface area contributed by atoms with Crippen LogP contribution in [-0.2, 0) is 0 Å². The number of hydrogen-bond donors (Lipinski definition) is 0. The van der Waals surface area contributed by atoms with Crippen molar-refractivity contribution in [3.8, 4) is 0 Å². The van der Waals surface area contributed by atoms with Crippen LogP contribution in [0.1, 0.15) is 5.56 Å². The minimum Gasteiger partial charge on any atom is -0.232 e. The van der Waals surface area contributed by atoms with Gasteiger partial charge in [0.15, 0.2) is 0 Å². The van der Waals surface area contributed by atoms with Crippen molar-refractivity contribution in [1.29, 1.82) is 0 Å². The van der Waals surface area contributed by atoms with E-state index in [0.717, 1.165) is 5.56 Å². The Kier molecular flexibility index (Phi) is 3.78. The van der Waals surface area contributed by atoms with Gasteiger partial charge >= 0.3 is 6.18 Å². The first kappa shape index (κ1) is 12.5. The predicted octanol–water partition coefficient (Wildman–Crippen LogP) is 4.59. The Balaban J connectivity index is 3.04. The van der Waals surface area contributed by atoms with Crippen molar-refractivity contribution < 1.29 is 13.2 Å². The first-order valence-electron chi connectivity index (χ1n) is 3.88. The number of halogens is 5. The van der Waals surface area contributed by atoms with Crippen molar-refractivity contribution in [2.75, 3.05) is 0 Å². The normalized spacial score (nSPS) is 13.1. The van der Waals surface area contributed by atoms with Crippen molar-refractivity contribution in [2.45, 2.75) is 13.1 Å². The summed E-state index contributed by atoms with van der Waals surface area (Å²) in [7, 11) is 0. The summed E-state index contributed by atoms with van der Waals surface area (Å²) in [4.78, 5) is 3.26. The fourth-order valence-electron chi connectivity index (χ4n) is 0.828. The highest BCUT2D eigenvalue weighted by Gasteiger charge is 2.34. The van der Waals surface area contributed by atoms with E-state index in [0.29, 0.717) is 4.47 Å². The first-order chi connectivity index (χ1) is 6.80. The second kappa shape index (κ2) is 4.53. The van der Waals surface area contributed by atoms with Crippen LogP contribution >= 0.6 is 27.5 Å². The van der Waals surface area contributed by atoms with Gasteiger partial charge < -0.3 is 0 Å². The van der Waals surface area contributed by atoms with Crippen LogP contribution < -0.4 is 0 Å². The average molecular weight is 301 g/mol. The molecule has 0 radical (unpaired) electrons. The Morgan fingerprint density at radius 2 is 2.00 bits per heavy atom. The maximum absolute atomic E-state index is 12.0. The maximum atomic E-state index is 12.0. The molecule has 6 heteroatoms. The van der Waals surface area contributed by atoms with Crippen LogP contribution in [0.4, 0.5) is 18.9 Å². The van der Waals surface area contributed by atoms with Crippen LogP contribution in [0.25, 0.3) is 0 Å². The topological polar surface area (TPSA) is 12.4 Å². The quantitative estimate of drug-likeness (QED) is 0.673. The molecule has 0 aliphatic rings. The van der Waals surface area contributed by atoms with E-state index in [4.69, 9.17) is 11.6 Å². The van der Waals surface area contributed by atoms with E-state index in [1.165, 1.54) is 12.1 Å². The molecule has 0 saturated carbocycles. The molecule has 15 heavy (non-hydrogen) atoms. The van der Waals surface area contributed by atoms with E-state index in [-0.39, 0.29) is 5.69 Å². The second-order valence-electron chi connectivity index (χ2n) is 2.83. The molecule has 0 bridgehead atoms. The van der Waals surface area contributed by atoms with Crippen molar-refractivity contribution >= 4 is 38.4 Å². The second-order valence-corrected chi connectivity index (χ2v) is 4.05. The standard InChI is InChI=1S/C9H6BrClF3N/c1-5-2-3-6(4-7(5)10)15-8(11)9(12,13)14/h2-4H,1H3.